The van der Waals surface area contributed by atoms with Crippen LogP contribution in [0.5, 0.6) is 0 Å². The quantitative estimate of drug-likeness (QED) is 0.247. The standard InChI is InChI=1S/C31H48O6/c1-17(2)9-8-10-20(28(35)36)26-22-15-24(34)27-29(5)13-12-23(33)18(3)21(29)11-14-30(27,6)31(22,7)16-25(26)37-19(4)32/h9,18,21-25,27,33-34H,8,10-16H2,1-7H3,(H,35,36)/b26-20-/t18-,21-,22+,23+,24?,25?,27?,29+,30-,31-/m1/s1. The first-order chi connectivity index (χ1) is 17.2. The van der Waals surface area contributed by atoms with E-state index in [9.17, 15) is 24.9 Å². The summed E-state index contributed by atoms with van der Waals surface area (Å²) in [6.07, 6.45) is 6.22. The SMILES string of the molecule is CC(=O)OC1C[C@]2(C)[C@@H](CC(O)C3[C@@]4(C)CC[C@H](O)[C@H](C)[C@H]4CC[C@]32C)/C1=C(\CCC=C(C)C)C(=O)O. The number of esters is 1. The van der Waals surface area contributed by atoms with E-state index in [1.54, 1.807) is 0 Å². The third-order valence-corrected chi connectivity index (χ3v) is 11.6. The van der Waals surface area contributed by atoms with Gasteiger partial charge in [0.2, 0.25) is 0 Å². The highest BCUT2D eigenvalue weighted by atomic mass is 16.5. The highest BCUT2D eigenvalue weighted by Crippen LogP contribution is 2.74. The molecule has 6 heteroatoms. The molecule has 4 rings (SSSR count). The maximum absolute atomic E-state index is 12.6. The summed E-state index contributed by atoms with van der Waals surface area (Å²) < 4.78 is 5.87. The minimum absolute atomic E-state index is 0.0474. The molecule has 0 aromatic rings. The molecule has 0 saturated heterocycles. The molecule has 0 aromatic heterocycles. The zero-order chi connectivity index (χ0) is 27.5. The average Bonchev–Trinajstić information content (AvgIpc) is 3.05. The van der Waals surface area contributed by atoms with Gasteiger partial charge < -0.3 is 20.1 Å². The normalized spacial score (nSPS) is 46.2. The second-order valence-electron chi connectivity index (χ2n) is 13.6. The molecule has 4 fully saturated rings. The predicted octanol–water partition coefficient (Wildman–Crippen LogP) is 5.67. The van der Waals surface area contributed by atoms with E-state index in [0.717, 1.165) is 36.8 Å². The lowest BCUT2D eigenvalue weighted by molar-refractivity contribution is -0.234. The summed E-state index contributed by atoms with van der Waals surface area (Å²) in [5.74, 6) is -0.909. The van der Waals surface area contributed by atoms with E-state index in [0.29, 0.717) is 37.2 Å². The largest absolute Gasteiger partial charge is 0.478 e. The zero-order valence-corrected chi connectivity index (χ0v) is 23.8. The Morgan fingerprint density at radius 2 is 1.70 bits per heavy atom. The summed E-state index contributed by atoms with van der Waals surface area (Å²) in [4.78, 5) is 24.8. The van der Waals surface area contributed by atoms with Crippen LogP contribution in [0.3, 0.4) is 0 Å². The molecular formula is C31H48O6. The van der Waals surface area contributed by atoms with E-state index in [2.05, 4.69) is 27.7 Å². The first kappa shape index (κ1) is 28.4. The van der Waals surface area contributed by atoms with Gasteiger partial charge in [0.15, 0.2) is 0 Å². The third kappa shape index (κ3) is 4.40. The Balaban J connectivity index is 1.82. The molecule has 10 atom stereocenters. The van der Waals surface area contributed by atoms with E-state index >= 15 is 0 Å². The maximum atomic E-state index is 12.6. The lowest BCUT2D eigenvalue weighted by Gasteiger charge is -2.69. The molecule has 0 heterocycles. The number of rotatable bonds is 5. The number of carbonyl (C=O) groups is 2. The van der Waals surface area contributed by atoms with E-state index < -0.39 is 24.1 Å². The van der Waals surface area contributed by atoms with Gasteiger partial charge in [-0.15, -0.1) is 0 Å². The van der Waals surface area contributed by atoms with Gasteiger partial charge in [-0.3, -0.25) is 4.79 Å². The van der Waals surface area contributed by atoms with Gasteiger partial charge in [0, 0.05) is 12.5 Å². The van der Waals surface area contributed by atoms with Gasteiger partial charge in [0.25, 0.3) is 0 Å². The monoisotopic (exact) mass is 516 g/mol. The lowest BCUT2D eigenvalue weighted by Crippen LogP contribution is -2.65. The minimum atomic E-state index is -0.953. The second-order valence-corrected chi connectivity index (χ2v) is 13.6. The Hall–Kier alpha value is -1.66. The number of aliphatic carboxylic acids is 1. The molecule has 0 aliphatic heterocycles. The first-order valence-electron chi connectivity index (χ1n) is 14.3. The van der Waals surface area contributed by atoms with Crippen LogP contribution >= 0.6 is 0 Å². The fraction of sp³-hybridized carbons (Fsp3) is 0.806. The molecule has 0 spiro atoms. The van der Waals surface area contributed by atoms with Crippen molar-refractivity contribution in [2.24, 2.45) is 39.9 Å². The van der Waals surface area contributed by atoms with Gasteiger partial charge in [-0.05, 0) is 111 Å². The molecule has 0 aromatic carbocycles. The van der Waals surface area contributed by atoms with Crippen LogP contribution in [0.2, 0.25) is 0 Å². The number of aliphatic hydroxyl groups excluding tert-OH is 2. The van der Waals surface area contributed by atoms with E-state index in [4.69, 9.17) is 4.74 Å². The van der Waals surface area contributed by atoms with Gasteiger partial charge in [0.05, 0.1) is 12.2 Å². The summed E-state index contributed by atoms with van der Waals surface area (Å²) >= 11 is 0. The highest BCUT2D eigenvalue weighted by Gasteiger charge is 2.70. The predicted molar refractivity (Wildman–Crippen MR) is 143 cm³/mol. The van der Waals surface area contributed by atoms with E-state index in [-0.39, 0.29) is 40.1 Å². The maximum Gasteiger partial charge on any atom is 0.331 e. The van der Waals surface area contributed by atoms with Crippen LogP contribution in [0.15, 0.2) is 22.8 Å². The van der Waals surface area contributed by atoms with Crippen molar-refractivity contribution in [3.8, 4) is 0 Å². The number of carboxylic acid groups (broad SMARTS) is 1. The van der Waals surface area contributed by atoms with Crippen molar-refractivity contribution in [3.05, 3.63) is 22.8 Å². The van der Waals surface area contributed by atoms with Crippen molar-refractivity contribution in [1.82, 2.24) is 0 Å². The van der Waals surface area contributed by atoms with Gasteiger partial charge in [-0.1, -0.05) is 39.3 Å². The summed E-state index contributed by atoms with van der Waals surface area (Å²) in [5.41, 5.74) is 1.57. The van der Waals surface area contributed by atoms with Crippen LogP contribution in [0.1, 0.15) is 99.8 Å². The van der Waals surface area contributed by atoms with Gasteiger partial charge in [-0.25, -0.2) is 4.79 Å². The number of fused-ring (bicyclic) bond motifs is 5. The zero-order valence-electron chi connectivity index (χ0n) is 23.8. The second kappa shape index (κ2) is 9.82. The summed E-state index contributed by atoms with van der Waals surface area (Å²) in [7, 11) is 0. The lowest BCUT2D eigenvalue weighted by atomic mass is 9.36. The molecule has 6 nitrogen and oxygen atoms in total. The summed E-state index contributed by atoms with van der Waals surface area (Å²) in [6.45, 7) is 14.5. The van der Waals surface area contributed by atoms with Crippen LogP contribution in [0, 0.1) is 39.9 Å². The molecular weight excluding hydrogens is 468 g/mol. The number of aliphatic hydroxyl groups is 2. The van der Waals surface area contributed by atoms with Crippen LogP contribution in [0.25, 0.3) is 0 Å². The van der Waals surface area contributed by atoms with Gasteiger partial charge in [0.1, 0.15) is 6.10 Å². The minimum Gasteiger partial charge on any atom is -0.478 e. The molecule has 4 saturated carbocycles. The Kier molecular flexibility index (Phi) is 7.53. The van der Waals surface area contributed by atoms with Gasteiger partial charge in [-0.2, -0.15) is 0 Å². The number of allylic oxidation sites excluding steroid dienone is 2. The molecule has 3 unspecified atom stereocenters. The molecule has 0 amide bonds. The van der Waals surface area contributed by atoms with Crippen LogP contribution < -0.4 is 0 Å². The number of hydrogen-bond acceptors (Lipinski definition) is 5. The number of carboxylic acids is 1. The van der Waals surface area contributed by atoms with Crippen LogP contribution in [0.4, 0.5) is 0 Å². The fourth-order valence-corrected chi connectivity index (χ4v) is 9.79. The van der Waals surface area contributed by atoms with Crippen molar-refractivity contribution in [1.29, 1.82) is 0 Å². The third-order valence-electron chi connectivity index (χ3n) is 11.6. The van der Waals surface area contributed by atoms with Crippen molar-refractivity contribution in [2.45, 2.75) is 118 Å². The highest BCUT2D eigenvalue weighted by molar-refractivity contribution is 5.88. The fourth-order valence-electron chi connectivity index (χ4n) is 9.79. The first-order valence-corrected chi connectivity index (χ1v) is 14.3. The van der Waals surface area contributed by atoms with Crippen molar-refractivity contribution < 1.29 is 29.6 Å². The molecule has 208 valence electrons. The topological polar surface area (TPSA) is 104 Å². The average molecular weight is 517 g/mol. The van der Waals surface area contributed by atoms with Crippen LogP contribution in [-0.2, 0) is 14.3 Å². The Bertz CT molecular complexity index is 994. The molecule has 4 aliphatic rings. The Morgan fingerprint density at radius 3 is 2.30 bits per heavy atom. The van der Waals surface area contributed by atoms with Crippen LogP contribution in [-0.4, -0.2) is 45.6 Å². The van der Waals surface area contributed by atoms with Crippen molar-refractivity contribution in [3.63, 3.8) is 0 Å². The number of hydrogen-bond donors (Lipinski definition) is 3. The molecule has 0 radical (unpaired) electrons. The van der Waals surface area contributed by atoms with Gasteiger partial charge >= 0.3 is 11.9 Å². The number of ether oxygens (including phenoxy) is 1. The van der Waals surface area contributed by atoms with E-state index in [1.165, 1.54) is 6.92 Å². The molecule has 4 aliphatic carbocycles. The molecule has 3 N–H and O–H groups in total. The van der Waals surface area contributed by atoms with E-state index in [1.807, 2.05) is 19.9 Å². The van der Waals surface area contributed by atoms with Crippen molar-refractivity contribution >= 4 is 11.9 Å². The smallest absolute Gasteiger partial charge is 0.331 e. The summed E-state index contributed by atoms with van der Waals surface area (Å²) in [5, 5.41) is 32.9. The molecule has 0 bridgehead atoms. The Labute approximate surface area is 222 Å². The molecule has 37 heavy (non-hydrogen) atoms. The Morgan fingerprint density at radius 1 is 1.03 bits per heavy atom. The summed E-state index contributed by atoms with van der Waals surface area (Å²) in [6, 6.07) is 0. The number of carbonyl (C=O) groups excluding carboxylic acids is 1. The van der Waals surface area contributed by atoms with Crippen molar-refractivity contribution in [2.75, 3.05) is 0 Å².